The molecule has 5 rings (SSSR count). The molecule has 0 aliphatic heterocycles. The third kappa shape index (κ3) is 6.00. The lowest BCUT2D eigenvalue weighted by Crippen LogP contribution is -2.30. The first-order valence-electron chi connectivity index (χ1n) is 13.1. The highest BCUT2D eigenvalue weighted by molar-refractivity contribution is 7.92. The summed E-state index contributed by atoms with van der Waals surface area (Å²) in [4.78, 5) is 35.0. The zero-order valence-electron chi connectivity index (χ0n) is 22.3. The molecule has 42 heavy (non-hydrogen) atoms. The molecule has 1 unspecified atom stereocenters. The van der Waals surface area contributed by atoms with Crippen molar-refractivity contribution in [3.63, 3.8) is 0 Å². The van der Waals surface area contributed by atoms with Crippen molar-refractivity contribution in [2.24, 2.45) is 0 Å². The summed E-state index contributed by atoms with van der Waals surface area (Å²) in [5.74, 6) is -1.41. The van der Waals surface area contributed by atoms with Gasteiger partial charge in [0.2, 0.25) is 0 Å². The second-order valence-electron chi connectivity index (χ2n) is 9.74. The van der Waals surface area contributed by atoms with Gasteiger partial charge in [0.25, 0.3) is 15.6 Å². The molecule has 0 fully saturated rings. The number of imidazole rings is 1. The molecule has 0 amide bonds. The van der Waals surface area contributed by atoms with Crippen LogP contribution in [0.5, 0.6) is 0 Å². The van der Waals surface area contributed by atoms with Crippen molar-refractivity contribution in [1.82, 2.24) is 19.5 Å². The van der Waals surface area contributed by atoms with E-state index in [-0.39, 0.29) is 33.2 Å². The molecule has 13 heteroatoms. The van der Waals surface area contributed by atoms with Gasteiger partial charge >= 0.3 is 5.69 Å². The molecule has 5 aromatic rings. The minimum Gasteiger partial charge on any atom is -0.336 e. The van der Waals surface area contributed by atoms with Gasteiger partial charge in [0.05, 0.1) is 9.92 Å². The highest BCUT2D eigenvalue weighted by Crippen LogP contribution is 2.30. The minimum atomic E-state index is -4.07. The molecule has 218 valence electrons. The molecule has 2 heterocycles. The fraction of sp³-hybridized carbons (Fsp3) is 0.207. The highest BCUT2D eigenvalue weighted by Gasteiger charge is 2.24. The van der Waals surface area contributed by atoms with Gasteiger partial charge in [-0.1, -0.05) is 55.3 Å². The fourth-order valence-corrected chi connectivity index (χ4v) is 5.98. The molecule has 0 saturated heterocycles. The van der Waals surface area contributed by atoms with E-state index >= 15 is 0 Å². The van der Waals surface area contributed by atoms with Crippen LogP contribution in [-0.4, -0.2) is 27.9 Å². The first-order valence-corrected chi connectivity index (χ1v) is 15.0. The van der Waals surface area contributed by atoms with E-state index < -0.39 is 38.8 Å². The van der Waals surface area contributed by atoms with Crippen LogP contribution in [0.3, 0.4) is 0 Å². The average Bonchev–Trinajstić information content (AvgIpc) is 3.40. The number of rotatable bonds is 10. The van der Waals surface area contributed by atoms with Crippen molar-refractivity contribution in [3.05, 3.63) is 121 Å². The van der Waals surface area contributed by atoms with Crippen LogP contribution in [0.4, 0.5) is 14.5 Å². The number of nitrogens with one attached hydrogen (secondary N) is 3. The van der Waals surface area contributed by atoms with Gasteiger partial charge < -0.3 is 4.98 Å². The summed E-state index contributed by atoms with van der Waals surface area (Å²) in [6, 6.07) is 15.7. The van der Waals surface area contributed by atoms with Gasteiger partial charge in [-0.2, -0.15) is 0 Å². The number of halogens is 3. The van der Waals surface area contributed by atoms with Crippen molar-refractivity contribution in [2.45, 2.75) is 43.5 Å². The standard InChI is InChI=1S/C29H26ClF2N5O4S/c1-2-3-14-37-27-25(28(38)35-29(37)39)33-26(34-27)21(15-18-6-4-5-7-23(18)31)17-8-10-19(11-9-17)36-42(40,41)20-12-13-24(32)22(30)16-20/h4-13,16,21,36H,2-3,14-15H2,1H3,(H,33,34)(H,35,38,39). The van der Waals surface area contributed by atoms with Crippen molar-refractivity contribution in [1.29, 1.82) is 0 Å². The number of aromatic nitrogens is 4. The van der Waals surface area contributed by atoms with Crippen LogP contribution in [0, 0.1) is 11.6 Å². The third-order valence-electron chi connectivity index (χ3n) is 6.87. The molecular formula is C29H26ClF2N5O4S. The Labute approximate surface area is 244 Å². The Hall–Kier alpha value is -4.29. The number of fused-ring (bicyclic) bond motifs is 1. The largest absolute Gasteiger partial charge is 0.336 e. The van der Waals surface area contributed by atoms with Gasteiger partial charge in [-0.15, -0.1) is 0 Å². The molecule has 1 atom stereocenters. The quantitative estimate of drug-likeness (QED) is 0.196. The molecule has 0 spiro atoms. The van der Waals surface area contributed by atoms with E-state index in [9.17, 15) is 26.8 Å². The maximum atomic E-state index is 14.7. The van der Waals surface area contributed by atoms with Crippen molar-refractivity contribution < 1.29 is 17.2 Å². The van der Waals surface area contributed by atoms with Gasteiger partial charge in [-0.25, -0.2) is 27.0 Å². The molecule has 0 aliphatic rings. The van der Waals surface area contributed by atoms with E-state index in [4.69, 9.17) is 11.6 Å². The Kier molecular flexibility index (Phi) is 8.28. The Morgan fingerprint density at radius 1 is 1.00 bits per heavy atom. The van der Waals surface area contributed by atoms with Crippen molar-refractivity contribution >= 4 is 38.5 Å². The van der Waals surface area contributed by atoms with E-state index in [1.807, 2.05) is 6.92 Å². The maximum absolute atomic E-state index is 14.7. The number of nitrogens with zero attached hydrogens (tertiary/aromatic N) is 2. The number of aromatic amines is 2. The lowest BCUT2D eigenvalue weighted by molar-refractivity contribution is 0.597. The maximum Gasteiger partial charge on any atom is 0.330 e. The monoisotopic (exact) mass is 613 g/mol. The molecule has 3 N–H and O–H groups in total. The van der Waals surface area contributed by atoms with Crippen LogP contribution < -0.4 is 16.0 Å². The molecular weight excluding hydrogens is 588 g/mol. The van der Waals surface area contributed by atoms with E-state index in [1.54, 1.807) is 30.3 Å². The number of H-pyrrole nitrogens is 2. The number of anilines is 1. The van der Waals surface area contributed by atoms with Crippen LogP contribution in [0.2, 0.25) is 5.02 Å². The minimum absolute atomic E-state index is 0.126. The highest BCUT2D eigenvalue weighted by atomic mass is 35.5. The third-order valence-corrected chi connectivity index (χ3v) is 8.53. The van der Waals surface area contributed by atoms with Crippen molar-refractivity contribution in [3.8, 4) is 0 Å². The zero-order valence-corrected chi connectivity index (χ0v) is 23.9. The summed E-state index contributed by atoms with van der Waals surface area (Å²) < 4.78 is 57.8. The van der Waals surface area contributed by atoms with Gasteiger partial charge in [0.15, 0.2) is 5.65 Å². The molecule has 9 nitrogen and oxygen atoms in total. The molecule has 0 bridgehead atoms. The van der Waals surface area contributed by atoms with E-state index in [2.05, 4.69) is 19.7 Å². The van der Waals surface area contributed by atoms with Crippen LogP contribution in [0.25, 0.3) is 11.2 Å². The van der Waals surface area contributed by atoms with E-state index in [1.165, 1.54) is 22.8 Å². The van der Waals surface area contributed by atoms with E-state index in [0.29, 0.717) is 29.9 Å². The van der Waals surface area contributed by atoms with Gasteiger partial charge in [0, 0.05) is 18.2 Å². The Morgan fingerprint density at radius 2 is 1.74 bits per heavy atom. The topological polar surface area (TPSA) is 130 Å². The predicted molar refractivity (Wildman–Crippen MR) is 156 cm³/mol. The summed E-state index contributed by atoms with van der Waals surface area (Å²) >= 11 is 5.75. The zero-order chi connectivity index (χ0) is 30.0. The molecule has 0 saturated carbocycles. The lowest BCUT2D eigenvalue weighted by Gasteiger charge is -2.17. The lowest BCUT2D eigenvalue weighted by atomic mass is 9.91. The normalized spacial score (nSPS) is 12.5. The second-order valence-corrected chi connectivity index (χ2v) is 11.8. The molecule has 3 aromatic carbocycles. The first kappa shape index (κ1) is 29.2. The van der Waals surface area contributed by atoms with E-state index in [0.717, 1.165) is 24.6 Å². The number of hydrogen-bond donors (Lipinski definition) is 3. The van der Waals surface area contributed by atoms with Crippen LogP contribution >= 0.6 is 11.6 Å². The number of hydrogen-bond acceptors (Lipinski definition) is 5. The molecule has 0 radical (unpaired) electrons. The van der Waals surface area contributed by atoms with Gasteiger partial charge in [-0.3, -0.25) is 19.1 Å². The van der Waals surface area contributed by atoms with Crippen LogP contribution in [0.1, 0.15) is 42.6 Å². The van der Waals surface area contributed by atoms with Crippen molar-refractivity contribution in [2.75, 3.05) is 4.72 Å². The van der Waals surface area contributed by atoms with Crippen LogP contribution in [-0.2, 0) is 23.0 Å². The Balaban J connectivity index is 1.54. The number of sulfonamides is 1. The summed E-state index contributed by atoms with van der Waals surface area (Å²) in [7, 11) is -4.07. The summed E-state index contributed by atoms with van der Waals surface area (Å²) in [6.07, 6.45) is 1.68. The summed E-state index contributed by atoms with van der Waals surface area (Å²) in [6.45, 7) is 2.34. The molecule has 2 aromatic heterocycles. The number of unbranched alkanes of at least 4 members (excludes halogenated alkanes) is 1. The van der Waals surface area contributed by atoms with Crippen LogP contribution in [0.15, 0.2) is 81.2 Å². The number of benzene rings is 3. The average molecular weight is 614 g/mol. The van der Waals surface area contributed by atoms with Gasteiger partial charge in [-0.05, 0) is 60.4 Å². The first-order chi connectivity index (χ1) is 20.1. The van der Waals surface area contributed by atoms with Gasteiger partial charge in [0.1, 0.15) is 23.0 Å². The summed E-state index contributed by atoms with van der Waals surface area (Å²) in [5, 5.41) is -0.325. The fourth-order valence-electron chi connectivity index (χ4n) is 4.65. The SMILES string of the molecule is CCCCn1c(=O)[nH]c(=O)c2[nH]c(C(Cc3ccccc3F)c3ccc(NS(=O)(=O)c4ccc(F)c(Cl)c4)cc3)nc21. The molecule has 0 aliphatic carbocycles. The number of aryl methyl sites for hydroxylation is 1. The second kappa shape index (κ2) is 11.9. The Bertz CT molecular complexity index is 1990. The Morgan fingerprint density at radius 3 is 2.43 bits per heavy atom. The predicted octanol–water partition coefficient (Wildman–Crippen LogP) is 5.32. The smallest absolute Gasteiger partial charge is 0.330 e. The summed E-state index contributed by atoms with van der Waals surface area (Å²) in [5.41, 5.74) is 0.413.